The Morgan fingerprint density at radius 1 is 1.28 bits per heavy atom. The van der Waals surface area contributed by atoms with Crippen molar-refractivity contribution in [3.8, 4) is 0 Å². The van der Waals surface area contributed by atoms with E-state index >= 15 is 0 Å². The Bertz CT molecular complexity index is 430. The lowest BCUT2D eigenvalue weighted by molar-refractivity contribution is -0.118. The number of hydrogen-bond acceptors (Lipinski definition) is 3. The Morgan fingerprint density at radius 3 is 2.61 bits per heavy atom. The quantitative estimate of drug-likeness (QED) is 0.728. The minimum absolute atomic E-state index is 0.0972. The van der Waals surface area contributed by atoms with Gasteiger partial charge in [-0.25, -0.2) is 0 Å². The monoisotopic (exact) mass is 249 g/mol. The molecule has 0 spiro atoms. The van der Waals surface area contributed by atoms with Crippen LogP contribution in [0.4, 0.5) is 5.69 Å². The molecule has 1 rings (SSSR count). The number of carbonyl (C=O) groups is 2. The van der Waals surface area contributed by atoms with Gasteiger partial charge >= 0.3 is 0 Å². The van der Waals surface area contributed by atoms with E-state index in [2.05, 4.69) is 16.0 Å². The average Bonchev–Trinajstić information content (AvgIpc) is 2.35. The minimum Gasteiger partial charge on any atom is -0.376 e. The highest BCUT2D eigenvalue weighted by molar-refractivity contribution is 5.95. The van der Waals surface area contributed by atoms with E-state index in [-0.39, 0.29) is 24.4 Å². The van der Waals surface area contributed by atoms with Gasteiger partial charge in [0.2, 0.25) is 5.91 Å². The van der Waals surface area contributed by atoms with Crippen LogP contribution < -0.4 is 16.0 Å². The standard InChI is InChI=1S/C13H19N3O2/c1-9(2)16-13(18)10-5-4-6-11(7-10)15-8-12(17)14-3/h4-7,9,15H,8H2,1-3H3,(H,14,17)(H,16,18). The van der Waals surface area contributed by atoms with Crippen LogP contribution in [0.3, 0.4) is 0 Å². The average molecular weight is 249 g/mol. The smallest absolute Gasteiger partial charge is 0.251 e. The summed E-state index contributed by atoms with van der Waals surface area (Å²) in [5, 5.41) is 8.29. The third kappa shape index (κ3) is 4.45. The molecule has 0 bridgehead atoms. The largest absolute Gasteiger partial charge is 0.376 e. The zero-order valence-corrected chi connectivity index (χ0v) is 10.9. The third-order valence-electron chi connectivity index (χ3n) is 2.28. The molecular formula is C13H19N3O2. The van der Waals surface area contributed by atoms with Gasteiger partial charge in [0.1, 0.15) is 0 Å². The number of hydrogen-bond donors (Lipinski definition) is 3. The maximum Gasteiger partial charge on any atom is 0.251 e. The van der Waals surface area contributed by atoms with Crippen molar-refractivity contribution in [3.05, 3.63) is 29.8 Å². The second-order valence-corrected chi connectivity index (χ2v) is 4.24. The predicted molar refractivity (Wildman–Crippen MR) is 71.6 cm³/mol. The summed E-state index contributed by atoms with van der Waals surface area (Å²) >= 11 is 0. The van der Waals surface area contributed by atoms with E-state index in [1.807, 2.05) is 19.9 Å². The predicted octanol–water partition coefficient (Wildman–Crippen LogP) is 0.983. The van der Waals surface area contributed by atoms with Crippen molar-refractivity contribution in [2.45, 2.75) is 19.9 Å². The van der Waals surface area contributed by atoms with Crippen LogP contribution in [-0.2, 0) is 4.79 Å². The summed E-state index contributed by atoms with van der Waals surface area (Å²) in [5.74, 6) is -0.222. The first-order valence-electron chi connectivity index (χ1n) is 5.88. The number of anilines is 1. The first kappa shape index (κ1) is 14.0. The lowest BCUT2D eigenvalue weighted by Crippen LogP contribution is -2.30. The Morgan fingerprint density at radius 2 is 2.00 bits per heavy atom. The fourth-order valence-corrected chi connectivity index (χ4v) is 1.39. The molecule has 0 heterocycles. The number of rotatable bonds is 5. The topological polar surface area (TPSA) is 70.2 Å². The molecule has 0 saturated heterocycles. The van der Waals surface area contributed by atoms with Gasteiger partial charge in [-0.15, -0.1) is 0 Å². The summed E-state index contributed by atoms with van der Waals surface area (Å²) in [7, 11) is 1.58. The maximum atomic E-state index is 11.8. The van der Waals surface area contributed by atoms with Gasteiger partial charge in [-0.2, -0.15) is 0 Å². The van der Waals surface area contributed by atoms with E-state index in [4.69, 9.17) is 0 Å². The molecule has 0 atom stereocenters. The van der Waals surface area contributed by atoms with E-state index in [0.29, 0.717) is 5.56 Å². The zero-order valence-electron chi connectivity index (χ0n) is 10.9. The molecule has 1 aromatic rings. The number of nitrogens with one attached hydrogen (secondary N) is 3. The van der Waals surface area contributed by atoms with E-state index < -0.39 is 0 Å². The van der Waals surface area contributed by atoms with Crippen LogP contribution in [0.1, 0.15) is 24.2 Å². The van der Waals surface area contributed by atoms with Crippen molar-refractivity contribution in [2.75, 3.05) is 18.9 Å². The van der Waals surface area contributed by atoms with Crippen molar-refractivity contribution in [1.82, 2.24) is 10.6 Å². The minimum atomic E-state index is -0.117. The van der Waals surface area contributed by atoms with Gasteiger partial charge < -0.3 is 16.0 Å². The van der Waals surface area contributed by atoms with Gasteiger partial charge in [-0.1, -0.05) is 6.07 Å². The van der Waals surface area contributed by atoms with Crippen molar-refractivity contribution in [3.63, 3.8) is 0 Å². The molecule has 0 unspecified atom stereocenters. The SMILES string of the molecule is CNC(=O)CNc1cccc(C(=O)NC(C)C)c1. The molecule has 18 heavy (non-hydrogen) atoms. The fourth-order valence-electron chi connectivity index (χ4n) is 1.39. The van der Waals surface area contributed by atoms with Crippen LogP contribution in [-0.4, -0.2) is 31.4 Å². The lowest BCUT2D eigenvalue weighted by Gasteiger charge is -2.10. The Kier molecular flexibility index (Phi) is 5.17. The Labute approximate surface area is 107 Å². The first-order valence-corrected chi connectivity index (χ1v) is 5.88. The van der Waals surface area contributed by atoms with Crippen LogP contribution in [0.2, 0.25) is 0 Å². The number of amides is 2. The summed E-state index contributed by atoms with van der Waals surface area (Å²) in [6, 6.07) is 7.15. The molecule has 0 aliphatic rings. The molecule has 0 saturated carbocycles. The molecule has 0 aromatic heterocycles. The van der Waals surface area contributed by atoms with Gasteiger partial charge in [-0.05, 0) is 32.0 Å². The molecule has 5 nitrogen and oxygen atoms in total. The molecule has 0 radical (unpaired) electrons. The van der Waals surface area contributed by atoms with Gasteiger partial charge in [0.25, 0.3) is 5.91 Å². The molecule has 2 amide bonds. The zero-order chi connectivity index (χ0) is 13.5. The van der Waals surface area contributed by atoms with Gasteiger partial charge in [0, 0.05) is 24.3 Å². The van der Waals surface area contributed by atoms with E-state index in [1.54, 1.807) is 25.2 Å². The third-order valence-corrected chi connectivity index (χ3v) is 2.28. The van der Waals surface area contributed by atoms with Crippen molar-refractivity contribution >= 4 is 17.5 Å². The van der Waals surface area contributed by atoms with Crippen LogP contribution in [0.25, 0.3) is 0 Å². The molecule has 0 fully saturated rings. The summed E-state index contributed by atoms with van der Waals surface area (Å²) < 4.78 is 0. The molecule has 98 valence electrons. The first-order chi connectivity index (χ1) is 8.52. The van der Waals surface area contributed by atoms with Crippen LogP contribution in [0.5, 0.6) is 0 Å². The number of likely N-dealkylation sites (N-methyl/N-ethyl adjacent to an activating group) is 1. The Balaban J connectivity index is 2.67. The van der Waals surface area contributed by atoms with Crippen molar-refractivity contribution < 1.29 is 9.59 Å². The van der Waals surface area contributed by atoms with Gasteiger partial charge in [-0.3, -0.25) is 9.59 Å². The van der Waals surface area contributed by atoms with Crippen LogP contribution in [0, 0.1) is 0 Å². The number of carbonyl (C=O) groups excluding carboxylic acids is 2. The summed E-state index contributed by atoms with van der Waals surface area (Å²) in [5.41, 5.74) is 1.32. The lowest BCUT2D eigenvalue weighted by atomic mass is 10.2. The molecule has 1 aromatic carbocycles. The maximum absolute atomic E-state index is 11.8. The van der Waals surface area contributed by atoms with E-state index in [9.17, 15) is 9.59 Å². The molecular weight excluding hydrogens is 230 g/mol. The highest BCUT2D eigenvalue weighted by Crippen LogP contribution is 2.10. The highest BCUT2D eigenvalue weighted by atomic mass is 16.2. The van der Waals surface area contributed by atoms with Gasteiger partial charge in [0.15, 0.2) is 0 Å². The molecule has 5 heteroatoms. The second kappa shape index (κ2) is 6.64. The number of benzene rings is 1. The normalized spacial score (nSPS) is 10.0. The van der Waals surface area contributed by atoms with E-state index in [1.165, 1.54) is 0 Å². The highest BCUT2D eigenvalue weighted by Gasteiger charge is 2.07. The molecule has 3 N–H and O–H groups in total. The molecule has 0 aliphatic heterocycles. The van der Waals surface area contributed by atoms with Crippen LogP contribution in [0.15, 0.2) is 24.3 Å². The van der Waals surface area contributed by atoms with Crippen LogP contribution >= 0.6 is 0 Å². The van der Waals surface area contributed by atoms with Crippen molar-refractivity contribution in [1.29, 1.82) is 0 Å². The van der Waals surface area contributed by atoms with Crippen molar-refractivity contribution in [2.24, 2.45) is 0 Å². The van der Waals surface area contributed by atoms with E-state index in [0.717, 1.165) is 5.69 Å². The summed E-state index contributed by atoms with van der Waals surface area (Å²) in [4.78, 5) is 22.9. The fraction of sp³-hybridized carbons (Fsp3) is 0.385. The second-order valence-electron chi connectivity index (χ2n) is 4.24. The summed E-state index contributed by atoms with van der Waals surface area (Å²) in [6.45, 7) is 4.00. The summed E-state index contributed by atoms with van der Waals surface area (Å²) in [6.07, 6.45) is 0. The molecule has 0 aliphatic carbocycles. The van der Waals surface area contributed by atoms with Gasteiger partial charge in [0.05, 0.1) is 6.54 Å². The Hall–Kier alpha value is -2.04.